The van der Waals surface area contributed by atoms with Crippen LogP contribution in [0.4, 0.5) is 4.39 Å². The van der Waals surface area contributed by atoms with Gasteiger partial charge in [-0.25, -0.2) is 4.39 Å². The maximum atomic E-state index is 13.0. The van der Waals surface area contributed by atoms with Gasteiger partial charge in [-0.1, -0.05) is 16.8 Å². The zero-order valence-electron chi connectivity index (χ0n) is 8.99. The van der Waals surface area contributed by atoms with Crippen molar-refractivity contribution in [3.63, 3.8) is 0 Å². The molecule has 17 heavy (non-hydrogen) atoms. The Morgan fingerprint density at radius 3 is 2.94 bits per heavy atom. The summed E-state index contributed by atoms with van der Waals surface area (Å²) in [6.07, 6.45) is 1.42. The van der Waals surface area contributed by atoms with Crippen LogP contribution in [0.15, 0.2) is 22.7 Å². The second-order valence-electron chi connectivity index (χ2n) is 3.53. The summed E-state index contributed by atoms with van der Waals surface area (Å²) in [6.45, 7) is 0.570. The Balaban J connectivity index is 2.21. The van der Waals surface area contributed by atoms with E-state index in [1.807, 2.05) is 0 Å². The van der Waals surface area contributed by atoms with E-state index in [1.54, 1.807) is 6.07 Å². The number of rotatable bonds is 4. The largest absolute Gasteiger partial charge is 0.339 e. The molecular weight excluding hydrogens is 245 g/mol. The van der Waals surface area contributed by atoms with Gasteiger partial charge in [0.1, 0.15) is 5.82 Å². The molecule has 2 aromatic rings. The number of benzene rings is 1. The van der Waals surface area contributed by atoms with E-state index in [-0.39, 0.29) is 5.02 Å². The standard InChI is InChI=1S/C11H11ClFN3O/c12-8-6-7(3-4-9(8)13)11-15-10(17-16-11)2-1-5-14/h3-4,6H,1-2,5,14H2. The highest BCUT2D eigenvalue weighted by atomic mass is 35.5. The van der Waals surface area contributed by atoms with Crippen molar-refractivity contribution in [3.05, 3.63) is 34.9 Å². The first kappa shape index (κ1) is 12.0. The molecule has 0 bridgehead atoms. The van der Waals surface area contributed by atoms with Gasteiger partial charge in [0.25, 0.3) is 0 Å². The molecule has 0 spiro atoms. The van der Waals surface area contributed by atoms with Gasteiger partial charge in [0.2, 0.25) is 11.7 Å². The first-order chi connectivity index (χ1) is 8.20. The van der Waals surface area contributed by atoms with Crippen LogP contribution in [-0.4, -0.2) is 16.7 Å². The van der Waals surface area contributed by atoms with E-state index in [0.717, 1.165) is 6.42 Å². The number of halogens is 2. The van der Waals surface area contributed by atoms with Gasteiger partial charge in [-0.2, -0.15) is 4.98 Å². The summed E-state index contributed by atoms with van der Waals surface area (Å²) in [7, 11) is 0. The van der Waals surface area contributed by atoms with Crippen molar-refractivity contribution in [2.45, 2.75) is 12.8 Å². The predicted molar refractivity (Wildman–Crippen MR) is 62.1 cm³/mol. The molecule has 0 amide bonds. The van der Waals surface area contributed by atoms with Gasteiger partial charge in [-0.3, -0.25) is 0 Å². The van der Waals surface area contributed by atoms with Crippen molar-refractivity contribution in [1.82, 2.24) is 10.1 Å². The normalized spacial score (nSPS) is 10.8. The minimum absolute atomic E-state index is 0.0378. The molecule has 0 unspecified atom stereocenters. The third kappa shape index (κ3) is 2.81. The molecule has 2 rings (SSSR count). The van der Waals surface area contributed by atoms with Crippen LogP contribution in [0.3, 0.4) is 0 Å². The molecule has 0 aliphatic carbocycles. The topological polar surface area (TPSA) is 64.9 Å². The number of aryl methyl sites for hydroxylation is 1. The lowest BCUT2D eigenvalue weighted by Gasteiger charge is -1.96. The van der Waals surface area contributed by atoms with Crippen LogP contribution in [-0.2, 0) is 6.42 Å². The predicted octanol–water partition coefficient (Wildman–Crippen LogP) is 2.42. The van der Waals surface area contributed by atoms with Gasteiger partial charge in [0, 0.05) is 12.0 Å². The molecule has 1 aromatic carbocycles. The first-order valence-corrected chi connectivity index (χ1v) is 5.56. The van der Waals surface area contributed by atoms with E-state index >= 15 is 0 Å². The third-order valence-corrected chi connectivity index (χ3v) is 2.53. The SMILES string of the molecule is NCCCc1nc(-c2ccc(F)c(Cl)c2)no1. The molecule has 0 aliphatic rings. The number of nitrogens with two attached hydrogens (primary N) is 1. The highest BCUT2D eigenvalue weighted by Crippen LogP contribution is 2.22. The molecule has 4 nitrogen and oxygen atoms in total. The van der Waals surface area contributed by atoms with Gasteiger partial charge >= 0.3 is 0 Å². The maximum absolute atomic E-state index is 13.0. The highest BCUT2D eigenvalue weighted by molar-refractivity contribution is 6.31. The number of nitrogens with zero attached hydrogens (tertiary/aromatic N) is 2. The van der Waals surface area contributed by atoms with Crippen molar-refractivity contribution in [2.24, 2.45) is 5.73 Å². The third-order valence-electron chi connectivity index (χ3n) is 2.24. The molecule has 1 aromatic heterocycles. The molecule has 1 heterocycles. The van der Waals surface area contributed by atoms with Crippen LogP contribution in [0, 0.1) is 5.82 Å². The van der Waals surface area contributed by atoms with Crippen LogP contribution in [0.5, 0.6) is 0 Å². The second-order valence-corrected chi connectivity index (χ2v) is 3.94. The first-order valence-electron chi connectivity index (χ1n) is 5.19. The van der Waals surface area contributed by atoms with E-state index in [2.05, 4.69) is 10.1 Å². The maximum Gasteiger partial charge on any atom is 0.227 e. The Morgan fingerprint density at radius 2 is 2.24 bits per heavy atom. The lowest BCUT2D eigenvalue weighted by Crippen LogP contribution is -2.00. The highest BCUT2D eigenvalue weighted by Gasteiger charge is 2.10. The summed E-state index contributed by atoms with van der Waals surface area (Å²) in [5.74, 6) is 0.451. The molecule has 90 valence electrons. The number of aromatic nitrogens is 2. The van der Waals surface area contributed by atoms with E-state index in [9.17, 15) is 4.39 Å². The molecule has 0 aliphatic heterocycles. The fourth-order valence-electron chi connectivity index (χ4n) is 1.36. The zero-order valence-corrected chi connectivity index (χ0v) is 9.75. The van der Waals surface area contributed by atoms with Crippen LogP contribution in [0.25, 0.3) is 11.4 Å². The van der Waals surface area contributed by atoms with Crippen LogP contribution >= 0.6 is 11.6 Å². The second kappa shape index (κ2) is 5.25. The molecule has 0 saturated heterocycles. The van der Waals surface area contributed by atoms with E-state index in [1.165, 1.54) is 12.1 Å². The molecule has 0 saturated carbocycles. The van der Waals surface area contributed by atoms with Crippen molar-refractivity contribution < 1.29 is 8.91 Å². The van der Waals surface area contributed by atoms with Gasteiger partial charge in [-0.15, -0.1) is 0 Å². The van der Waals surface area contributed by atoms with Crippen LogP contribution in [0.1, 0.15) is 12.3 Å². The van der Waals surface area contributed by atoms with Gasteiger partial charge < -0.3 is 10.3 Å². The fourth-order valence-corrected chi connectivity index (χ4v) is 1.54. The summed E-state index contributed by atoms with van der Waals surface area (Å²) in [5.41, 5.74) is 6.01. The van der Waals surface area contributed by atoms with Crippen molar-refractivity contribution in [2.75, 3.05) is 6.54 Å². The molecule has 2 N–H and O–H groups in total. The smallest absolute Gasteiger partial charge is 0.227 e. The van der Waals surface area contributed by atoms with Crippen molar-refractivity contribution in [3.8, 4) is 11.4 Å². The Hall–Kier alpha value is -1.46. The quantitative estimate of drug-likeness (QED) is 0.911. The Labute approximate surface area is 103 Å². The molecule has 0 fully saturated rings. The average Bonchev–Trinajstić information content (AvgIpc) is 2.79. The summed E-state index contributed by atoms with van der Waals surface area (Å²) in [4.78, 5) is 4.17. The summed E-state index contributed by atoms with van der Waals surface area (Å²) >= 11 is 5.68. The Bertz CT molecular complexity index is 515. The average molecular weight is 256 g/mol. The zero-order chi connectivity index (χ0) is 12.3. The van der Waals surface area contributed by atoms with Gasteiger partial charge in [-0.05, 0) is 31.2 Å². The van der Waals surface area contributed by atoms with Crippen molar-refractivity contribution >= 4 is 11.6 Å². The molecule has 6 heteroatoms. The Morgan fingerprint density at radius 1 is 1.41 bits per heavy atom. The summed E-state index contributed by atoms with van der Waals surface area (Å²) in [6, 6.07) is 4.29. The summed E-state index contributed by atoms with van der Waals surface area (Å²) in [5, 5.41) is 3.84. The van der Waals surface area contributed by atoms with Crippen molar-refractivity contribution in [1.29, 1.82) is 0 Å². The molecular formula is C11H11ClFN3O. The minimum Gasteiger partial charge on any atom is -0.339 e. The number of hydrogen-bond donors (Lipinski definition) is 1. The van der Waals surface area contributed by atoms with Gasteiger partial charge in [0.15, 0.2) is 0 Å². The van der Waals surface area contributed by atoms with Crippen LogP contribution < -0.4 is 5.73 Å². The monoisotopic (exact) mass is 255 g/mol. The summed E-state index contributed by atoms with van der Waals surface area (Å²) < 4.78 is 18.0. The molecule has 0 radical (unpaired) electrons. The molecule has 0 atom stereocenters. The van der Waals surface area contributed by atoms with Crippen LogP contribution in [0.2, 0.25) is 5.02 Å². The van der Waals surface area contributed by atoms with Gasteiger partial charge in [0.05, 0.1) is 5.02 Å². The minimum atomic E-state index is -0.470. The lowest BCUT2D eigenvalue weighted by molar-refractivity contribution is 0.376. The lowest BCUT2D eigenvalue weighted by atomic mass is 10.2. The van der Waals surface area contributed by atoms with E-state index in [4.69, 9.17) is 21.9 Å². The van der Waals surface area contributed by atoms with E-state index in [0.29, 0.717) is 30.2 Å². The fraction of sp³-hybridized carbons (Fsp3) is 0.273. The Kier molecular flexibility index (Phi) is 3.71. The van der Waals surface area contributed by atoms with E-state index < -0.39 is 5.82 Å². The number of hydrogen-bond acceptors (Lipinski definition) is 4.